The fraction of sp³-hybridized carbons (Fsp3) is 0.125. The van der Waals surface area contributed by atoms with Gasteiger partial charge in [0.25, 0.3) is 0 Å². The van der Waals surface area contributed by atoms with Crippen LogP contribution in [0.2, 0.25) is 10.0 Å². The van der Waals surface area contributed by atoms with Crippen LogP contribution in [0.25, 0.3) is 0 Å². The van der Waals surface area contributed by atoms with Gasteiger partial charge in [0.15, 0.2) is 0 Å². The molecule has 0 aromatic heterocycles. The summed E-state index contributed by atoms with van der Waals surface area (Å²) in [5.41, 5.74) is 0.729. The van der Waals surface area contributed by atoms with Gasteiger partial charge in [0, 0.05) is 16.3 Å². The molecule has 0 amide bonds. The number of hydrogen-bond donors (Lipinski definition) is 1. The number of nitrogens with zero attached hydrogens (tertiary/aromatic N) is 1. The van der Waals surface area contributed by atoms with Crippen molar-refractivity contribution in [3.63, 3.8) is 0 Å². The molecular formula is C16H11Cl2FN2O3. The van der Waals surface area contributed by atoms with Crippen molar-refractivity contribution in [1.82, 2.24) is 0 Å². The molecule has 24 heavy (non-hydrogen) atoms. The van der Waals surface area contributed by atoms with Crippen LogP contribution in [0.15, 0.2) is 36.4 Å². The van der Waals surface area contributed by atoms with E-state index >= 15 is 0 Å². The number of halogens is 3. The summed E-state index contributed by atoms with van der Waals surface area (Å²) in [6, 6.07) is 9.46. The minimum Gasteiger partial charge on any atom is -0.437 e. The molecule has 2 aromatic carbocycles. The summed E-state index contributed by atoms with van der Waals surface area (Å²) in [6.45, 7) is 0. The van der Waals surface area contributed by atoms with E-state index in [1.54, 1.807) is 0 Å². The normalized spacial score (nSPS) is 11.3. The number of methoxy groups -OCH3 is 1. The van der Waals surface area contributed by atoms with Gasteiger partial charge in [-0.15, -0.1) is 0 Å². The van der Waals surface area contributed by atoms with E-state index < -0.39 is 18.0 Å². The van der Waals surface area contributed by atoms with Crippen LogP contribution in [0.3, 0.4) is 0 Å². The maximum Gasteiger partial charge on any atom is 0.513 e. The Balaban J connectivity index is 2.35. The number of ether oxygens (including phenoxy) is 2. The average molecular weight is 369 g/mol. The second-order valence-corrected chi connectivity index (χ2v) is 5.42. The lowest BCUT2D eigenvalue weighted by Gasteiger charge is -2.17. The molecule has 1 atom stereocenters. The van der Waals surface area contributed by atoms with E-state index in [1.165, 1.54) is 43.5 Å². The first-order valence-corrected chi connectivity index (χ1v) is 7.36. The molecule has 0 aliphatic carbocycles. The second kappa shape index (κ2) is 7.86. The summed E-state index contributed by atoms with van der Waals surface area (Å²) in [7, 11) is 1.17. The molecule has 5 nitrogen and oxygen atoms in total. The van der Waals surface area contributed by atoms with E-state index in [2.05, 4.69) is 10.1 Å². The predicted molar refractivity (Wildman–Crippen MR) is 87.9 cm³/mol. The van der Waals surface area contributed by atoms with Crippen molar-refractivity contribution in [3.05, 3.63) is 57.8 Å². The van der Waals surface area contributed by atoms with Gasteiger partial charge in [-0.1, -0.05) is 23.2 Å². The fourth-order valence-electron chi connectivity index (χ4n) is 1.90. The summed E-state index contributed by atoms with van der Waals surface area (Å²) >= 11 is 11.7. The molecular weight excluding hydrogens is 358 g/mol. The third kappa shape index (κ3) is 4.28. The summed E-state index contributed by atoms with van der Waals surface area (Å²) in [5.74, 6) is -0.466. The van der Waals surface area contributed by atoms with E-state index in [1.807, 2.05) is 6.07 Å². The van der Waals surface area contributed by atoms with Gasteiger partial charge in [-0.2, -0.15) is 5.26 Å². The highest BCUT2D eigenvalue weighted by atomic mass is 35.5. The number of carbonyl (C=O) groups excluding carboxylic acids is 1. The fourth-order valence-corrected chi connectivity index (χ4v) is 2.26. The number of benzene rings is 2. The predicted octanol–water partition coefficient (Wildman–Crippen LogP) is 4.95. The Kier molecular flexibility index (Phi) is 5.85. The number of carbonyl (C=O) groups is 1. The van der Waals surface area contributed by atoms with Gasteiger partial charge < -0.3 is 14.8 Å². The Morgan fingerprint density at radius 2 is 2.04 bits per heavy atom. The molecule has 0 aliphatic rings. The lowest BCUT2D eigenvalue weighted by atomic mass is 10.1. The zero-order valence-corrected chi connectivity index (χ0v) is 13.9. The summed E-state index contributed by atoms with van der Waals surface area (Å²) in [4.78, 5) is 11.3. The van der Waals surface area contributed by atoms with E-state index in [4.69, 9.17) is 27.9 Å². The third-order valence-corrected chi connectivity index (χ3v) is 3.53. The zero-order chi connectivity index (χ0) is 17.7. The molecule has 0 fully saturated rings. The first-order chi connectivity index (χ1) is 11.4. The standard InChI is InChI=1S/C16H11Cl2FN2O3/c1-23-16(22)24-15-5-2-9(17)6-11(15)14(8-20)21-10-3-4-13(19)12(18)7-10/h2-7,14,21H,1H3. The molecule has 0 spiro atoms. The molecule has 1 N–H and O–H groups in total. The molecule has 0 aliphatic heterocycles. The first kappa shape index (κ1) is 17.9. The van der Waals surface area contributed by atoms with Gasteiger partial charge >= 0.3 is 6.16 Å². The lowest BCUT2D eigenvalue weighted by molar-refractivity contribution is 0.121. The number of anilines is 1. The third-order valence-electron chi connectivity index (χ3n) is 3.00. The highest BCUT2D eigenvalue weighted by molar-refractivity contribution is 6.31. The molecule has 0 heterocycles. The molecule has 2 aromatic rings. The van der Waals surface area contributed by atoms with E-state index in [-0.39, 0.29) is 10.8 Å². The molecule has 0 bridgehead atoms. The minimum absolute atomic E-state index is 0.0891. The number of nitrogens with one attached hydrogen (secondary N) is 1. The van der Waals surface area contributed by atoms with E-state index in [0.717, 1.165) is 0 Å². The van der Waals surface area contributed by atoms with Crippen molar-refractivity contribution in [3.8, 4) is 11.8 Å². The molecule has 0 saturated carbocycles. The summed E-state index contributed by atoms with van der Waals surface area (Å²) < 4.78 is 22.7. The Labute approximate surface area is 147 Å². The van der Waals surface area contributed by atoms with Crippen molar-refractivity contribution < 1.29 is 18.7 Å². The topological polar surface area (TPSA) is 71.3 Å². The smallest absolute Gasteiger partial charge is 0.437 e. The average Bonchev–Trinajstić information content (AvgIpc) is 2.57. The Morgan fingerprint density at radius 1 is 1.29 bits per heavy atom. The highest BCUT2D eigenvalue weighted by Crippen LogP contribution is 2.31. The number of nitriles is 1. The van der Waals surface area contributed by atoms with Gasteiger partial charge in [-0.25, -0.2) is 9.18 Å². The van der Waals surface area contributed by atoms with Crippen LogP contribution in [0.1, 0.15) is 11.6 Å². The maximum atomic E-state index is 13.2. The largest absolute Gasteiger partial charge is 0.513 e. The first-order valence-electron chi connectivity index (χ1n) is 6.61. The van der Waals surface area contributed by atoms with Crippen molar-refractivity contribution in [2.75, 3.05) is 12.4 Å². The quantitative estimate of drug-likeness (QED) is 0.610. The van der Waals surface area contributed by atoms with Crippen molar-refractivity contribution in [1.29, 1.82) is 5.26 Å². The van der Waals surface area contributed by atoms with E-state index in [9.17, 15) is 14.4 Å². The minimum atomic E-state index is -0.930. The van der Waals surface area contributed by atoms with Crippen molar-refractivity contribution in [2.24, 2.45) is 0 Å². The van der Waals surface area contributed by atoms with E-state index in [0.29, 0.717) is 16.3 Å². The number of rotatable bonds is 4. The summed E-state index contributed by atoms with van der Waals surface area (Å²) in [6.07, 6.45) is -0.930. The van der Waals surface area contributed by atoms with Gasteiger partial charge in [-0.05, 0) is 36.4 Å². The zero-order valence-electron chi connectivity index (χ0n) is 12.3. The van der Waals surface area contributed by atoms with Crippen molar-refractivity contribution in [2.45, 2.75) is 6.04 Å². The molecule has 124 valence electrons. The Bertz CT molecular complexity index is 808. The Morgan fingerprint density at radius 3 is 2.67 bits per heavy atom. The number of hydrogen-bond acceptors (Lipinski definition) is 5. The maximum absolute atomic E-state index is 13.2. The van der Waals surface area contributed by atoms with Gasteiger partial charge in [0.05, 0.1) is 18.2 Å². The van der Waals surface area contributed by atoms with Crippen molar-refractivity contribution >= 4 is 35.0 Å². The second-order valence-electron chi connectivity index (χ2n) is 4.57. The van der Waals surface area contributed by atoms with Gasteiger partial charge in [0.1, 0.15) is 17.6 Å². The molecule has 0 radical (unpaired) electrons. The molecule has 2 rings (SSSR count). The highest BCUT2D eigenvalue weighted by Gasteiger charge is 2.19. The monoisotopic (exact) mass is 368 g/mol. The molecule has 8 heteroatoms. The Hall–Kier alpha value is -2.49. The molecule has 1 unspecified atom stereocenters. The summed E-state index contributed by atoms with van der Waals surface area (Å²) in [5, 5.41) is 12.6. The van der Waals surface area contributed by atoms with Crippen LogP contribution in [-0.4, -0.2) is 13.3 Å². The molecule has 0 saturated heterocycles. The van der Waals surface area contributed by atoms with Crippen LogP contribution < -0.4 is 10.1 Å². The van der Waals surface area contributed by atoms with Crippen LogP contribution in [0.5, 0.6) is 5.75 Å². The van der Waals surface area contributed by atoms with Gasteiger partial charge in [0.2, 0.25) is 0 Å². The lowest BCUT2D eigenvalue weighted by Crippen LogP contribution is -2.14. The van der Waals surface area contributed by atoms with Crippen LogP contribution >= 0.6 is 23.2 Å². The van der Waals surface area contributed by atoms with Crippen LogP contribution in [-0.2, 0) is 4.74 Å². The van der Waals surface area contributed by atoms with Gasteiger partial charge in [-0.3, -0.25) is 0 Å². The SMILES string of the molecule is COC(=O)Oc1ccc(Cl)cc1C(C#N)Nc1ccc(F)c(Cl)c1. The van der Waals surface area contributed by atoms with Crippen LogP contribution in [0.4, 0.5) is 14.9 Å². The van der Waals surface area contributed by atoms with Crippen LogP contribution in [0, 0.1) is 17.1 Å².